The molecular weight excluding hydrogens is 198 g/mol. The zero-order valence-electron chi connectivity index (χ0n) is 10.5. The second-order valence-corrected chi connectivity index (χ2v) is 4.63. The van der Waals surface area contributed by atoms with Crippen LogP contribution >= 0.6 is 0 Å². The van der Waals surface area contributed by atoms with Gasteiger partial charge in [0.25, 0.3) is 0 Å². The summed E-state index contributed by atoms with van der Waals surface area (Å²) in [6, 6.07) is 4.93. The van der Waals surface area contributed by atoms with Gasteiger partial charge in [-0.15, -0.1) is 0 Å². The van der Waals surface area contributed by atoms with E-state index in [4.69, 9.17) is 0 Å². The van der Waals surface area contributed by atoms with Crippen molar-refractivity contribution in [2.75, 3.05) is 32.1 Å². The van der Waals surface area contributed by atoms with Crippen molar-refractivity contribution in [2.24, 2.45) is 0 Å². The number of hydrogen-bond donors (Lipinski definition) is 0. The largest absolute Gasteiger partial charge is 0.363 e. The maximum atomic E-state index is 4.49. The predicted molar refractivity (Wildman–Crippen MR) is 67.8 cm³/mol. The quantitative estimate of drug-likeness (QED) is 0.777. The van der Waals surface area contributed by atoms with Gasteiger partial charge in [-0.2, -0.15) is 0 Å². The van der Waals surface area contributed by atoms with Crippen LogP contribution in [0, 0.1) is 0 Å². The van der Waals surface area contributed by atoms with Gasteiger partial charge >= 0.3 is 0 Å². The summed E-state index contributed by atoms with van der Waals surface area (Å²) in [5.74, 6) is 1.03. The topological polar surface area (TPSA) is 19.4 Å². The molecule has 0 aromatic carbocycles. The standard InChI is InChI=1S/C13H21N3/c1-4-16-9-5-6-12(16)11-7-8-13(14-10-11)15(2)3/h7-8,10,12H,4-6,9H2,1-3H3. The van der Waals surface area contributed by atoms with Gasteiger partial charge in [-0.05, 0) is 37.6 Å². The highest BCUT2D eigenvalue weighted by molar-refractivity contribution is 5.37. The van der Waals surface area contributed by atoms with Crippen molar-refractivity contribution in [1.82, 2.24) is 9.88 Å². The number of aromatic nitrogens is 1. The van der Waals surface area contributed by atoms with E-state index in [1.165, 1.54) is 24.9 Å². The van der Waals surface area contributed by atoms with E-state index in [-0.39, 0.29) is 0 Å². The second-order valence-electron chi connectivity index (χ2n) is 4.63. The molecule has 0 N–H and O–H groups in total. The van der Waals surface area contributed by atoms with Crippen molar-refractivity contribution in [3.05, 3.63) is 23.9 Å². The van der Waals surface area contributed by atoms with E-state index in [1.807, 2.05) is 25.2 Å². The van der Waals surface area contributed by atoms with Crippen LogP contribution in [-0.4, -0.2) is 37.1 Å². The maximum Gasteiger partial charge on any atom is 0.127 e. The van der Waals surface area contributed by atoms with Gasteiger partial charge in [0.1, 0.15) is 5.82 Å². The highest BCUT2D eigenvalue weighted by Gasteiger charge is 2.24. The molecule has 0 saturated carbocycles. The first-order valence-electron chi connectivity index (χ1n) is 6.09. The Bertz CT molecular complexity index is 332. The molecule has 1 saturated heterocycles. The lowest BCUT2D eigenvalue weighted by atomic mass is 10.1. The number of pyridine rings is 1. The second kappa shape index (κ2) is 4.83. The number of anilines is 1. The molecule has 0 radical (unpaired) electrons. The van der Waals surface area contributed by atoms with E-state index >= 15 is 0 Å². The highest BCUT2D eigenvalue weighted by Crippen LogP contribution is 2.31. The number of likely N-dealkylation sites (tertiary alicyclic amines) is 1. The normalized spacial score (nSPS) is 21.3. The van der Waals surface area contributed by atoms with Crippen LogP contribution in [0.1, 0.15) is 31.4 Å². The summed E-state index contributed by atoms with van der Waals surface area (Å²) in [5, 5.41) is 0. The summed E-state index contributed by atoms with van der Waals surface area (Å²) in [4.78, 5) is 9.06. The van der Waals surface area contributed by atoms with Gasteiger partial charge in [-0.3, -0.25) is 4.90 Å². The lowest BCUT2D eigenvalue weighted by molar-refractivity contribution is 0.271. The SMILES string of the molecule is CCN1CCCC1c1ccc(N(C)C)nc1. The smallest absolute Gasteiger partial charge is 0.127 e. The van der Waals surface area contributed by atoms with Crippen LogP contribution in [0.25, 0.3) is 0 Å². The molecule has 3 nitrogen and oxygen atoms in total. The summed E-state index contributed by atoms with van der Waals surface area (Å²) in [7, 11) is 4.05. The lowest BCUT2D eigenvalue weighted by Gasteiger charge is -2.23. The average molecular weight is 219 g/mol. The van der Waals surface area contributed by atoms with Gasteiger partial charge < -0.3 is 4.90 Å². The molecule has 16 heavy (non-hydrogen) atoms. The molecule has 0 amide bonds. The minimum Gasteiger partial charge on any atom is -0.363 e. The molecule has 1 aliphatic rings. The summed E-state index contributed by atoms with van der Waals surface area (Å²) in [6.45, 7) is 4.61. The van der Waals surface area contributed by atoms with Crippen LogP contribution in [-0.2, 0) is 0 Å². The molecule has 1 aromatic heterocycles. The Morgan fingerprint density at radius 1 is 1.44 bits per heavy atom. The Hall–Kier alpha value is -1.09. The zero-order chi connectivity index (χ0) is 11.5. The predicted octanol–water partition coefficient (Wildman–Crippen LogP) is 2.30. The molecule has 2 heterocycles. The Labute approximate surface area is 98.1 Å². The Morgan fingerprint density at radius 3 is 2.81 bits per heavy atom. The van der Waals surface area contributed by atoms with E-state index in [2.05, 4.69) is 28.9 Å². The Morgan fingerprint density at radius 2 is 2.25 bits per heavy atom. The third-order valence-electron chi connectivity index (χ3n) is 3.38. The fourth-order valence-corrected chi connectivity index (χ4v) is 2.44. The molecular formula is C13H21N3. The monoisotopic (exact) mass is 219 g/mol. The molecule has 2 rings (SSSR count). The fourth-order valence-electron chi connectivity index (χ4n) is 2.44. The number of nitrogens with zero attached hydrogens (tertiary/aromatic N) is 3. The Kier molecular flexibility index (Phi) is 3.44. The van der Waals surface area contributed by atoms with Crippen molar-refractivity contribution in [1.29, 1.82) is 0 Å². The number of hydrogen-bond acceptors (Lipinski definition) is 3. The van der Waals surface area contributed by atoms with Gasteiger partial charge in [0.05, 0.1) is 0 Å². The van der Waals surface area contributed by atoms with Gasteiger partial charge in [-0.1, -0.05) is 13.0 Å². The minimum atomic E-state index is 0.591. The van der Waals surface area contributed by atoms with E-state index in [0.717, 1.165) is 12.4 Å². The summed E-state index contributed by atoms with van der Waals surface area (Å²) in [5.41, 5.74) is 1.37. The van der Waals surface area contributed by atoms with Crippen LogP contribution in [0.2, 0.25) is 0 Å². The molecule has 0 bridgehead atoms. The molecule has 3 heteroatoms. The van der Waals surface area contributed by atoms with Crippen molar-refractivity contribution >= 4 is 5.82 Å². The van der Waals surface area contributed by atoms with Crippen LogP contribution in [0.15, 0.2) is 18.3 Å². The first-order chi connectivity index (χ1) is 7.72. The minimum absolute atomic E-state index is 0.591. The van der Waals surface area contributed by atoms with Gasteiger partial charge in [0.2, 0.25) is 0 Å². The Balaban J connectivity index is 2.15. The molecule has 0 aliphatic carbocycles. The van der Waals surface area contributed by atoms with Crippen molar-refractivity contribution < 1.29 is 0 Å². The zero-order valence-corrected chi connectivity index (χ0v) is 10.5. The first kappa shape index (κ1) is 11.4. The maximum absolute atomic E-state index is 4.49. The summed E-state index contributed by atoms with van der Waals surface area (Å²) < 4.78 is 0. The molecule has 1 aromatic rings. The van der Waals surface area contributed by atoms with Crippen LogP contribution in [0.4, 0.5) is 5.82 Å². The van der Waals surface area contributed by atoms with Crippen LogP contribution in [0.5, 0.6) is 0 Å². The van der Waals surface area contributed by atoms with E-state index in [9.17, 15) is 0 Å². The fraction of sp³-hybridized carbons (Fsp3) is 0.615. The van der Waals surface area contributed by atoms with Crippen molar-refractivity contribution in [3.63, 3.8) is 0 Å². The molecule has 1 unspecified atom stereocenters. The van der Waals surface area contributed by atoms with Gasteiger partial charge in [-0.25, -0.2) is 4.98 Å². The molecule has 1 fully saturated rings. The van der Waals surface area contributed by atoms with E-state index in [1.54, 1.807) is 0 Å². The summed E-state index contributed by atoms with van der Waals surface area (Å²) >= 11 is 0. The van der Waals surface area contributed by atoms with Gasteiger partial charge in [0.15, 0.2) is 0 Å². The van der Waals surface area contributed by atoms with E-state index < -0.39 is 0 Å². The first-order valence-corrected chi connectivity index (χ1v) is 6.09. The highest BCUT2D eigenvalue weighted by atomic mass is 15.2. The molecule has 0 spiro atoms. The number of rotatable bonds is 3. The van der Waals surface area contributed by atoms with E-state index in [0.29, 0.717) is 6.04 Å². The van der Waals surface area contributed by atoms with Crippen molar-refractivity contribution in [3.8, 4) is 0 Å². The third-order valence-corrected chi connectivity index (χ3v) is 3.38. The van der Waals surface area contributed by atoms with Crippen LogP contribution < -0.4 is 4.90 Å². The third kappa shape index (κ3) is 2.19. The summed E-state index contributed by atoms with van der Waals surface area (Å²) in [6.07, 6.45) is 4.62. The average Bonchev–Trinajstić information content (AvgIpc) is 2.77. The van der Waals surface area contributed by atoms with Gasteiger partial charge in [0, 0.05) is 26.3 Å². The molecule has 1 aliphatic heterocycles. The van der Waals surface area contributed by atoms with Crippen LogP contribution in [0.3, 0.4) is 0 Å². The molecule has 88 valence electrons. The lowest BCUT2D eigenvalue weighted by Crippen LogP contribution is -2.22. The van der Waals surface area contributed by atoms with Crippen molar-refractivity contribution in [2.45, 2.75) is 25.8 Å². The molecule has 1 atom stereocenters.